The van der Waals surface area contributed by atoms with Gasteiger partial charge in [-0.15, -0.1) is 0 Å². The van der Waals surface area contributed by atoms with Crippen LogP contribution in [0.3, 0.4) is 0 Å². The lowest BCUT2D eigenvalue weighted by atomic mass is 10.0. The Morgan fingerprint density at radius 1 is 1.06 bits per heavy atom. The van der Waals surface area contributed by atoms with Crippen molar-refractivity contribution in [1.29, 1.82) is 0 Å². The predicted octanol–water partition coefficient (Wildman–Crippen LogP) is 4.25. The molecule has 0 heterocycles. The van der Waals surface area contributed by atoms with Crippen molar-refractivity contribution in [2.75, 3.05) is 21.0 Å². The van der Waals surface area contributed by atoms with Crippen molar-refractivity contribution in [2.24, 2.45) is 17.0 Å². The monoisotopic (exact) mass is 494 g/mol. The summed E-state index contributed by atoms with van der Waals surface area (Å²) in [6.07, 6.45) is 2.97. The van der Waals surface area contributed by atoms with E-state index in [0.717, 1.165) is 22.5 Å². The molecule has 2 atom stereocenters. The summed E-state index contributed by atoms with van der Waals surface area (Å²) in [7, 11) is 2.55. The maximum atomic E-state index is 13.1. The average Bonchev–Trinajstić information content (AvgIpc) is 3.78. The minimum atomic E-state index is -1.000. The standard InChI is InChI=1S/C27H30N2O7/c1-17(30)35-16-36-27(32)29(2)26(31)25(28-33-3)22-10-5-4-7-20(22)15-34-21-9-6-8-19(13-21)24-14-23(24)18-11-12-18/h4-10,13,18,23-24H,11-12,14-16H2,1-3H3/b28-25-. The van der Waals surface area contributed by atoms with Gasteiger partial charge in [0, 0.05) is 19.5 Å². The number of imide groups is 1. The molecule has 0 bridgehead atoms. The highest BCUT2D eigenvalue weighted by molar-refractivity contribution is 6.47. The summed E-state index contributed by atoms with van der Waals surface area (Å²) < 4.78 is 15.5. The lowest BCUT2D eigenvalue weighted by Gasteiger charge is -2.18. The Labute approximate surface area is 209 Å². The van der Waals surface area contributed by atoms with E-state index in [-0.39, 0.29) is 12.3 Å². The van der Waals surface area contributed by atoms with E-state index in [1.807, 2.05) is 24.3 Å². The lowest BCUT2D eigenvalue weighted by Crippen LogP contribution is -2.39. The fraction of sp³-hybridized carbons (Fsp3) is 0.407. The molecule has 0 saturated heterocycles. The zero-order valence-electron chi connectivity index (χ0n) is 20.6. The van der Waals surface area contributed by atoms with Crippen LogP contribution in [-0.2, 0) is 30.5 Å². The number of carbonyl (C=O) groups excluding carboxylic acids is 3. The largest absolute Gasteiger partial charge is 0.489 e. The van der Waals surface area contributed by atoms with E-state index < -0.39 is 24.8 Å². The Morgan fingerprint density at radius 2 is 1.83 bits per heavy atom. The molecule has 2 unspecified atom stereocenters. The van der Waals surface area contributed by atoms with E-state index in [0.29, 0.717) is 17.0 Å². The smallest absolute Gasteiger partial charge is 0.419 e. The van der Waals surface area contributed by atoms with Crippen molar-refractivity contribution in [3.63, 3.8) is 0 Å². The van der Waals surface area contributed by atoms with Gasteiger partial charge in [-0.1, -0.05) is 41.6 Å². The summed E-state index contributed by atoms with van der Waals surface area (Å²) in [5, 5.41) is 3.87. The number of carbonyl (C=O) groups is 3. The Balaban J connectivity index is 1.44. The molecule has 9 heteroatoms. The fourth-order valence-corrected chi connectivity index (χ4v) is 4.31. The van der Waals surface area contributed by atoms with Gasteiger partial charge in [0.1, 0.15) is 19.5 Å². The van der Waals surface area contributed by atoms with Gasteiger partial charge in [-0.25, -0.2) is 9.69 Å². The Morgan fingerprint density at radius 3 is 2.56 bits per heavy atom. The highest BCUT2D eigenvalue weighted by atomic mass is 16.7. The van der Waals surface area contributed by atoms with Gasteiger partial charge in [0.15, 0.2) is 5.71 Å². The van der Waals surface area contributed by atoms with Gasteiger partial charge in [0.2, 0.25) is 6.79 Å². The van der Waals surface area contributed by atoms with Crippen LogP contribution < -0.4 is 4.74 Å². The SMILES string of the molecule is CO/N=C(\C(=O)N(C)C(=O)OCOC(C)=O)c1ccccc1COc1cccc(C2CC2C2CC2)c1. The zero-order chi connectivity index (χ0) is 25.7. The highest BCUT2D eigenvalue weighted by Gasteiger charge is 2.47. The summed E-state index contributed by atoms with van der Waals surface area (Å²) in [5.74, 6) is 1.74. The Hall–Kier alpha value is -3.88. The Bertz CT molecular complexity index is 1160. The van der Waals surface area contributed by atoms with Crippen molar-refractivity contribution < 1.29 is 33.4 Å². The fourth-order valence-electron chi connectivity index (χ4n) is 4.31. The minimum absolute atomic E-state index is 0.0948. The van der Waals surface area contributed by atoms with Crippen LogP contribution in [0.4, 0.5) is 4.79 Å². The second kappa shape index (κ2) is 11.2. The van der Waals surface area contributed by atoms with Crippen molar-refractivity contribution in [1.82, 2.24) is 4.90 Å². The maximum Gasteiger partial charge on any atom is 0.419 e. The van der Waals surface area contributed by atoms with Gasteiger partial charge in [-0.05, 0) is 60.3 Å². The van der Waals surface area contributed by atoms with Crippen LogP contribution in [0.1, 0.15) is 48.8 Å². The first-order valence-corrected chi connectivity index (χ1v) is 11.9. The summed E-state index contributed by atoms with van der Waals surface area (Å²) in [4.78, 5) is 41.8. The molecule has 36 heavy (non-hydrogen) atoms. The number of rotatable bonds is 10. The maximum absolute atomic E-state index is 13.1. The molecule has 2 saturated carbocycles. The van der Waals surface area contributed by atoms with Crippen LogP contribution in [0.5, 0.6) is 5.75 Å². The molecule has 190 valence electrons. The van der Waals surface area contributed by atoms with Crippen LogP contribution in [0, 0.1) is 11.8 Å². The number of likely N-dealkylation sites (N-methyl/N-ethyl adjacent to an activating group) is 1. The number of benzene rings is 2. The van der Waals surface area contributed by atoms with Crippen molar-refractivity contribution in [3.05, 3.63) is 65.2 Å². The van der Waals surface area contributed by atoms with E-state index in [1.165, 1.54) is 45.9 Å². The summed E-state index contributed by atoms with van der Waals surface area (Å²) in [5.41, 5.74) is 2.36. The van der Waals surface area contributed by atoms with Gasteiger partial charge in [-0.3, -0.25) is 9.59 Å². The van der Waals surface area contributed by atoms with Crippen LogP contribution >= 0.6 is 0 Å². The molecule has 9 nitrogen and oxygen atoms in total. The first kappa shape index (κ1) is 25.2. The first-order valence-electron chi connectivity index (χ1n) is 11.9. The highest BCUT2D eigenvalue weighted by Crippen LogP contribution is 2.59. The van der Waals surface area contributed by atoms with Gasteiger partial charge >= 0.3 is 12.1 Å². The van der Waals surface area contributed by atoms with Crippen molar-refractivity contribution in [3.8, 4) is 5.75 Å². The molecular formula is C27H30N2O7. The number of ether oxygens (including phenoxy) is 3. The van der Waals surface area contributed by atoms with Gasteiger partial charge in [-0.2, -0.15) is 0 Å². The molecule has 0 N–H and O–H groups in total. The zero-order valence-corrected chi connectivity index (χ0v) is 20.6. The van der Waals surface area contributed by atoms with E-state index in [1.54, 1.807) is 12.1 Å². The number of nitrogens with zero attached hydrogens (tertiary/aromatic N) is 2. The molecule has 4 rings (SSSR count). The van der Waals surface area contributed by atoms with Crippen LogP contribution in [0.2, 0.25) is 0 Å². The van der Waals surface area contributed by atoms with E-state index in [2.05, 4.69) is 22.0 Å². The lowest BCUT2D eigenvalue weighted by molar-refractivity contribution is -0.149. The second-order valence-corrected chi connectivity index (χ2v) is 9.01. The molecular weight excluding hydrogens is 464 g/mol. The third-order valence-corrected chi connectivity index (χ3v) is 6.43. The second-order valence-electron chi connectivity index (χ2n) is 9.01. The number of oxime groups is 1. The number of hydrogen-bond acceptors (Lipinski definition) is 8. The molecule has 2 aromatic carbocycles. The molecule has 0 aliphatic heterocycles. The summed E-state index contributed by atoms with van der Waals surface area (Å²) in [6, 6.07) is 15.3. The van der Waals surface area contributed by atoms with E-state index in [4.69, 9.17) is 14.3 Å². The third kappa shape index (κ3) is 6.21. The molecule has 2 aliphatic carbocycles. The minimum Gasteiger partial charge on any atom is -0.489 e. The predicted molar refractivity (Wildman–Crippen MR) is 130 cm³/mol. The first-order chi connectivity index (χ1) is 17.4. The van der Waals surface area contributed by atoms with E-state index in [9.17, 15) is 14.4 Å². The van der Waals surface area contributed by atoms with Crippen LogP contribution in [0.25, 0.3) is 0 Å². The van der Waals surface area contributed by atoms with Gasteiger partial charge in [0.25, 0.3) is 5.91 Å². The van der Waals surface area contributed by atoms with Gasteiger partial charge in [0.05, 0.1) is 0 Å². The molecule has 0 aromatic heterocycles. The molecule has 2 aromatic rings. The van der Waals surface area contributed by atoms with Crippen LogP contribution in [-0.4, -0.2) is 49.5 Å². The van der Waals surface area contributed by atoms with Crippen molar-refractivity contribution >= 4 is 23.7 Å². The summed E-state index contributed by atoms with van der Waals surface area (Å²) >= 11 is 0. The van der Waals surface area contributed by atoms with Gasteiger partial charge < -0.3 is 19.0 Å². The van der Waals surface area contributed by atoms with Crippen molar-refractivity contribution in [2.45, 2.75) is 38.7 Å². The van der Waals surface area contributed by atoms with E-state index >= 15 is 0 Å². The molecule has 2 aliphatic rings. The normalized spacial score (nSPS) is 18.7. The molecule has 2 amide bonds. The quantitative estimate of drug-likeness (QED) is 0.211. The molecule has 0 spiro atoms. The number of amides is 2. The average molecular weight is 495 g/mol. The number of hydrogen-bond donors (Lipinski definition) is 0. The number of esters is 1. The third-order valence-electron chi connectivity index (χ3n) is 6.43. The molecule has 0 radical (unpaired) electrons. The van der Waals surface area contributed by atoms with Crippen LogP contribution in [0.15, 0.2) is 53.7 Å². The Kier molecular flexibility index (Phi) is 7.87. The topological polar surface area (TPSA) is 104 Å². The summed E-state index contributed by atoms with van der Waals surface area (Å²) in [6.45, 7) is 0.763. The molecule has 2 fully saturated rings.